The number of aliphatic carboxylic acids is 1. The average Bonchev–Trinajstić information content (AvgIpc) is 2.88. The first-order valence-electron chi connectivity index (χ1n) is 8.73. The normalized spacial score (nSPS) is 28.3. The third kappa shape index (κ3) is 5.95. The van der Waals surface area contributed by atoms with E-state index in [-0.39, 0.29) is 0 Å². The third-order valence-corrected chi connectivity index (χ3v) is 4.83. The maximum absolute atomic E-state index is 10.8. The molecule has 0 amide bonds. The number of carboxylic acid groups (broad SMARTS) is 1. The number of nitrogens with zero attached hydrogens (tertiary/aromatic N) is 1. The van der Waals surface area contributed by atoms with Gasteiger partial charge in [0.15, 0.2) is 0 Å². The van der Waals surface area contributed by atoms with E-state index in [4.69, 9.17) is 5.11 Å². The summed E-state index contributed by atoms with van der Waals surface area (Å²) < 4.78 is 0. The molecule has 1 aliphatic heterocycles. The summed E-state index contributed by atoms with van der Waals surface area (Å²) in [6.07, 6.45) is 7.66. The molecule has 21 heavy (non-hydrogen) atoms. The molecule has 0 radical (unpaired) electrons. The number of carboxylic acids is 1. The molecule has 2 atom stereocenters. The number of hydrogen-bond acceptors (Lipinski definition) is 3. The van der Waals surface area contributed by atoms with Crippen LogP contribution in [0.3, 0.4) is 0 Å². The number of carbonyl (C=O) groups is 1. The van der Waals surface area contributed by atoms with Crippen LogP contribution >= 0.6 is 0 Å². The first-order chi connectivity index (χ1) is 10.0. The highest BCUT2D eigenvalue weighted by Gasteiger charge is 2.29. The maximum atomic E-state index is 10.8. The molecular weight excluding hydrogens is 264 g/mol. The molecule has 1 heterocycles. The van der Waals surface area contributed by atoms with Crippen molar-refractivity contribution in [3.8, 4) is 0 Å². The maximum Gasteiger partial charge on any atom is 0.303 e. The van der Waals surface area contributed by atoms with Gasteiger partial charge in [0, 0.05) is 38.1 Å². The second-order valence-corrected chi connectivity index (χ2v) is 7.49. The number of rotatable bonds is 7. The van der Waals surface area contributed by atoms with Crippen LogP contribution in [0.25, 0.3) is 0 Å². The van der Waals surface area contributed by atoms with Gasteiger partial charge in [0.05, 0.1) is 0 Å². The molecule has 2 rings (SSSR count). The van der Waals surface area contributed by atoms with E-state index < -0.39 is 5.97 Å². The van der Waals surface area contributed by atoms with Crippen LogP contribution in [0.15, 0.2) is 0 Å². The lowest BCUT2D eigenvalue weighted by atomic mass is 9.89. The van der Waals surface area contributed by atoms with Gasteiger partial charge in [-0.15, -0.1) is 0 Å². The summed E-state index contributed by atoms with van der Waals surface area (Å²) in [5.41, 5.74) is 0. The average molecular weight is 296 g/mol. The minimum Gasteiger partial charge on any atom is -0.481 e. The molecule has 1 aliphatic carbocycles. The van der Waals surface area contributed by atoms with Gasteiger partial charge in [-0.3, -0.25) is 4.79 Å². The lowest BCUT2D eigenvalue weighted by molar-refractivity contribution is -0.137. The van der Waals surface area contributed by atoms with Crippen molar-refractivity contribution in [2.75, 3.05) is 19.6 Å². The zero-order valence-corrected chi connectivity index (χ0v) is 13.7. The van der Waals surface area contributed by atoms with Gasteiger partial charge in [0.25, 0.3) is 0 Å². The molecule has 4 nitrogen and oxygen atoms in total. The second-order valence-electron chi connectivity index (χ2n) is 7.49. The molecule has 0 aromatic carbocycles. The fourth-order valence-electron chi connectivity index (χ4n) is 4.05. The van der Waals surface area contributed by atoms with E-state index in [1.165, 1.54) is 25.7 Å². The Kier molecular flexibility index (Phi) is 6.49. The highest BCUT2D eigenvalue weighted by atomic mass is 16.4. The van der Waals surface area contributed by atoms with Gasteiger partial charge < -0.3 is 15.3 Å². The van der Waals surface area contributed by atoms with Crippen LogP contribution in [-0.4, -0.2) is 47.7 Å². The first kappa shape index (κ1) is 16.8. The molecule has 2 N–H and O–H groups in total. The third-order valence-electron chi connectivity index (χ3n) is 4.83. The fourth-order valence-corrected chi connectivity index (χ4v) is 4.05. The van der Waals surface area contributed by atoms with Crippen molar-refractivity contribution in [2.45, 2.75) is 70.9 Å². The molecule has 4 heteroatoms. The highest BCUT2D eigenvalue weighted by molar-refractivity contribution is 5.66. The van der Waals surface area contributed by atoms with Crippen LogP contribution in [0.5, 0.6) is 0 Å². The summed E-state index contributed by atoms with van der Waals surface area (Å²) in [6.45, 7) is 7.87. The van der Waals surface area contributed by atoms with E-state index in [1.807, 2.05) is 0 Å². The summed E-state index contributed by atoms with van der Waals surface area (Å²) >= 11 is 0. The van der Waals surface area contributed by atoms with E-state index >= 15 is 0 Å². The van der Waals surface area contributed by atoms with Crippen molar-refractivity contribution in [3.05, 3.63) is 0 Å². The standard InChI is InChI=1S/C17H32N2O2/c1-13(2)10-19-11-14(7-8-17(20)21)9-16(12-19)18-15-5-3-4-6-15/h13-16,18H,3-12H2,1-2H3,(H,20,21). The summed E-state index contributed by atoms with van der Waals surface area (Å²) in [7, 11) is 0. The van der Waals surface area contributed by atoms with Crippen LogP contribution in [0.4, 0.5) is 0 Å². The Morgan fingerprint density at radius 1 is 1.24 bits per heavy atom. The van der Waals surface area contributed by atoms with E-state index in [2.05, 4.69) is 24.1 Å². The van der Waals surface area contributed by atoms with Crippen LogP contribution in [-0.2, 0) is 4.79 Å². The van der Waals surface area contributed by atoms with E-state index in [1.54, 1.807) is 0 Å². The Morgan fingerprint density at radius 3 is 2.57 bits per heavy atom. The molecule has 0 aromatic rings. The van der Waals surface area contributed by atoms with Gasteiger partial charge >= 0.3 is 5.97 Å². The Morgan fingerprint density at radius 2 is 1.95 bits per heavy atom. The summed E-state index contributed by atoms with van der Waals surface area (Å²) in [5, 5.41) is 12.8. The van der Waals surface area contributed by atoms with E-state index in [0.29, 0.717) is 30.3 Å². The van der Waals surface area contributed by atoms with Crippen molar-refractivity contribution in [3.63, 3.8) is 0 Å². The summed E-state index contributed by atoms with van der Waals surface area (Å²) in [6, 6.07) is 1.26. The van der Waals surface area contributed by atoms with E-state index in [0.717, 1.165) is 32.5 Å². The second kappa shape index (κ2) is 8.14. The quantitative estimate of drug-likeness (QED) is 0.758. The predicted octanol–water partition coefficient (Wildman–Crippen LogP) is 2.73. The van der Waals surface area contributed by atoms with Crippen LogP contribution in [0.1, 0.15) is 58.8 Å². The Bertz CT molecular complexity index is 327. The van der Waals surface area contributed by atoms with Gasteiger partial charge in [-0.25, -0.2) is 0 Å². The van der Waals surface area contributed by atoms with Crippen molar-refractivity contribution >= 4 is 5.97 Å². The molecule has 2 aliphatic rings. The molecule has 0 spiro atoms. The SMILES string of the molecule is CC(C)CN1CC(CCC(=O)O)CC(NC2CCCC2)C1. The lowest BCUT2D eigenvalue weighted by Crippen LogP contribution is -2.52. The first-order valence-corrected chi connectivity index (χ1v) is 8.73. The topological polar surface area (TPSA) is 52.6 Å². The predicted molar refractivity (Wildman–Crippen MR) is 85.4 cm³/mol. The zero-order valence-electron chi connectivity index (χ0n) is 13.7. The molecule has 1 saturated heterocycles. The minimum atomic E-state index is -0.656. The highest BCUT2D eigenvalue weighted by Crippen LogP contribution is 2.25. The summed E-state index contributed by atoms with van der Waals surface area (Å²) in [4.78, 5) is 13.4. The number of nitrogens with one attached hydrogen (secondary N) is 1. The van der Waals surface area contributed by atoms with Gasteiger partial charge in [-0.2, -0.15) is 0 Å². The van der Waals surface area contributed by atoms with Crippen LogP contribution in [0, 0.1) is 11.8 Å². The fraction of sp³-hybridized carbons (Fsp3) is 0.941. The van der Waals surface area contributed by atoms with Crippen molar-refractivity contribution in [1.29, 1.82) is 0 Å². The smallest absolute Gasteiger partial charge is 0.303 e. The minimum absolute atomic E-state index is 0.316. The van der Waals surface area contributed by atoms with Crippen molar-refractivity contribution in [2.24, 2.45) is 11.8 Å². The molecule has 0 aromatic heterocycles. The Balaban J connectivity index is 1.86. The van der Waals surface area contributed by atoms with Gasteiger partial charge in [0.2, 0.25) is 0 Å². The largest absolute Gasteiger partial charge is 0.481 e. The van der Waals surface area contributed by atoms with Crippen molar-refractivity contribution < 1.29 is 9.90 Å². The Labute approximate surface area is 129 Å². The van der Waals surface area contributed by atoms with Gasteiger partial charge in [0.1, 0.15) is 0 Å². The lowest BCUT2D eigenvalue weighted by Gasteiger charge is -2.40. The molecular formula is C17H32N2O2. The zero-order chi connectivity index (χ0) is 15.2. The Hall–Kier alpha value is -0.610. The summed E-state index contributed by atoms with van der Waals surface area (Å²) in [5.74, 6) is 0.555. The van der Waals surface area contributed by atoms with Crippen molar-refractivity contribution in [1.82, 2.24) is 10.2 Å². The molecule has 1 saturated carbocycles. The number of hydrogen-bond donors (Lipinski definition) is 2. The molecule has 0 bridgehead atoms. The number of piperidine rings is 1. The molecule has 2 unspecified atom stereocenters. The van der Waals surface area contributed by atoms with Gasteiger partial charge in [-0.05, 0) is 37.5 Å². The van der Waals surface area contributed by atoms with Crippen LogP contribution in [0.2, 0.25) is 0 Å². The van der Waals surface area contributed by atoms with E-state index in [9.17, 15) is 4.79 Å². The molecule has 122 valence electrons. The van der Waals surface area contributed by atoms with Crippen LogP contribution < -0.4 is 5.32 Å². The molecule has 2 fully saturated rings. The monoisotopic (exact) mass is 296 g/mol. The number of likely N-dealkylation sites (tertiary alicyclic amines) is 1. The van der Waals surface area contributed by atoms with Gasteiger partial charge in [-0.1, -0.05) is 26.7 Å².